The number of benzene rings is 2. The van der Waals surface area contributed by atoms with E-state index in [2.05, 4.69) is 5.32 Å². The number of nitrogens with one attached hydrogen (secondary N) is 1. The van der Waals surface area contributed by atoms with Gasteiger partial charge < -0.3 is 11.1 Å². The lowest BCUT2D eigenvalue weighted by Crippen LogP contribution is -2.28. The van der Waals surface area contributed by atoms with Crippen LogP contribution in [0.1, 0.15) is 17.2 Å². The molecule has 2 aromatic rings. The zero-order valence-electron chi connectivity index (χ0n) is 11.7. The number of halogens is 1. The summed E-state index contributed by atoms with van der Waals surface area (Å²) in [5.74, 6) is -0.677. The molecule has 114 valence electrons. The van der Waals surface area contributed by atoms with Gasteiger partial charge in [-0.3, -0.25) is 14.9 Å². The molecule has 0 aromatic heterocycles. The lowest BCUT2D eigenvalue weighted by Gasteiger charge is -2.18. The first-order valence-corrected chi connectivity index (χ1v) is 6.83. The summed E-state index contributed by atoms with van der Waals surface area (Å²) in [5.41, 5.74) is 6.78. The van der Waals surface area contributed by atoms with Gasteiger partial charge in [-0.15, -0.1) is 0 Å². The molecule has 0 radical (unpaired) electrons. The molecule has 2 aromatic carbocycles. The van der Waals surface area contributed by atoms with Crippen molar-refractivity contribution >= 4 is 28.9 Å². The second-order valence-electron chi connectivity index (χ2n) is 4.78. The molecular formula is C15H14ClN3O3. The minimum atomic E-state index is -0.964. The van der Waals surface area contributed by atoms with E-state index < -0.39 is 16.9 Å². The fraction of sp³-hybridized carbons (Fsp3) is 0.133. The minimum Gasteiger partial charge on any atom is -0.368 e. The first-order chi connectivity index (χ1) is 10.4. The molecule has 3 N–H and O–H groups in total. The molecule has 7 heteroatoms. The monoisotopic (exact) mass is 319 g/mol. The molecular weight excluding hydrogens is 306 g/mol. The van der Waals surface area contributed by atoms with Crippen LogP contribution in [0.2, 0.25) is 5.02 Å². The second-order valence-corrected chi connectivity index (χ2v) is 5.19. The van der Waals surface area contributed by atoms with Crippen LogP contribution in [0.5, 0.6) is 0 Å². The van der Waals surface area contributed by atoms with Crippen molar-refractivity contribution in [3.05, 3.63) is 68.7 Å². The van der Waals surface area contributed by atoms with E-state index in [0.717, 1.165) is 5.56 Å². The summed E-state index contributed by atoms with van der Waals surface area (Å²) in [6.07, 6.45) is 0. The number of nitro groups is 1. The number of amides is 1. The maximum absolute atomic E-state index is 11.8. The van der Waals surface area contributed by atoms with Gasteiger partial charge >= 0.3 is 0 Å². The highest BCUT2D eigenvalue weighted by atomic mass is 35.5. The maximum Gasteiger partial charge on any atom is 0.292 e. The topological polar surface area (TPSA) is 98.3 Å². The van der Waals surface area contributed by atoms with Gasteiger partial charge in [0, 0.05) is 16.7 Å². The highest BCUT2D eigenvalue weighted by Crippen LogP contribution is 2.31. The van der Waals surface area contributed by atoms with E-state index in [1.807, 2.05) is 0 Å². The Balaban J connectivity index is 2.46. The van der Waals surface area contributed by atoms with Crippen LogP contribution >= 0.6 is 11.6 Å². The molecule has 1 amide bonds. The van der Waals surface area contributed by atoms with Crippen molar-refractivity contribution in [1.29, 1.82) is 0 Å². The van der Waals surface area contributed by atoms with Gasteiger partial charge in [-0.2, -0.15) is 0 Å². The molecule has 0 saturated carbocycles. The summed E-state index contributed by atoms with van der Waals surface area (Å²) in [6, 6.07) is 10.3. The van der Waals surface area contributed by atoms with Crippen LogP contribution in [0.4, 0.5) is 11.4 Å². The molecule has 0 aliphatic heterocycles. The maximum atomic E-state index is 11.8. The van der Waals surface area contributed by atoms with Crippen molar-refractivity contribution in [2.24, 2.45) is 5.73 Å². The SMILES string of the molecule is Cc1ccc([N+](=O)[O-])c(NC(C(N)=O)c2ccccc2Cl)c1. The van der Waals surface area contributed by atoms with E-state index in [0.29, 0.717) is 10.6 Å². The Kier molecular flexibility index (Phi) is 4.62. The fourth-order valence-corrected chi connectivity index (χ4v) is 2.34. The molecule has 0 saturated heterocycles. The van der Waals surface area contributed by atoms with Crippen LogP contribution in [0.25, 0.3) is 0 Å². The predicted molar refractivity (Wildman–Crippen MR) is 84.8 cm³/mol. The van der Waals surface area contributed by atoms with Crippen molar-refractivity contribution in [1.82, 2.24) is 0 Å². The molecule has 1 unspecified atom stereocenters. The van der Waals surface area contributed by atoms with Crippen LogP contribution in [0.3, 0.4) is 0 Å². The van der Waals surface area contributed by atoms with E-state index in [1.54, 1.807) is 43.3 Å². The fourth-order valence-electron chi connectivity index (χ4n) is 2.09. The third-order valence-electron chi connectivity index (χ3n) is 3.15. The standard InChI is InChI=1S/C15H14ClN3O3/c1-9-6-7-13(19(21)22)12(8-9)18-14(15(17)20)10-4-2-3-5-11(10)16/h2-8,14,18H,1H3,(H2,17,20). The third-order valence-corrected chi connectivity index (χ3v) is 3.49. The average Bonchev–Trinajstić information content (AvgIpc) is 2.45. The van der Waals surface area contributed by atoms with Gasteiger partial charge in [0.05, 0.1) is 4.92 Å². The molecule has 0 aliphatic rings. The van der Waals surface area contributed by atoms with E-state index in [9.17, 15) is 14.9 Å². The largest absolute Gasteiger partial charge is 0.368 e. The third kappa shape index (κ3) is 3.35. The molecule has 1 atom stereocenters. The summed E-state index contributed by atoms with van der Waals surface area (Å²) >= 11 is 6.08. The molecule has 0 fully saturated rings. The Hall–Kier alpha value is -2.60. The number of nitro benzene ring substituents is 1. The summed E-state index contributed by atoms with van der Waals surface area (Å²) in [5, 5.41) is 14.3. The molecule has 0 heterocycles. The number of hydrogen-bond acceptors (Lipinski definition) is 4. The lowest BCUT2D eigenvalue weighted by molar-refractivity contribution is -0.384. The smallest absolute Gasteiger partial charge is 0.292 e. The van der Waals surface area contributed by atoms with Gasteiger partial charge in [0.1, 0.15) is 11.7 Å². The van der Waals surface area contributed by atoms with Crippen LogP contribution in [0.15, 0.2) is 42.5 Å². The van der Waals surface area contributed by atoms with Crippen molar-refractivity contribution in [2.45, 2.75) is 13.0 Å². The van der Waals surface area contributed by atoms with Gasteiger partial charge in [0.2, 0.25) is 5.91 Å². The zero-order valence-corrected chi connectivity index (χ0v) is 12.5. The minimum absolute atomic E-state index is 0.135. The number of carbonyl (C=O) groups is 1. The molecule has 22 heavy (non-hydrogen) atoms. The number of nitrogens with zero attached hydrogens (tertiary/aromatic N) is 1. The Morgan fingerprint density at radius 1 is 1.32 bits per heavy atom. The summed E-state index contributed by atoms with van der Waals surface area (Å²) < 4.78 is 0. The van der Waals surface area contributed by atoms with Crippen LogP contribution in [0, 0.1) is 17.0 Å². The average molecular weight is 320 g/mol. The van der Waals surface area contributed by atoms with Crippen molar-refractivity contribution < 1.29 is 9.72 Å². The lowest BCUT2D eigenvalue weighted by atomic mass is 10.1. The molecule has 0 bridgehead atoms. The Labute approximate surface area is 132 Å². The normalized spacial score (nSPS) is 11.7. The van der Waals surface area contributed by atoms with Crippen molar-refractivity contribution in [3.8, 4) is 0 Å². The Morgan fingerprint density at radius 2 is 2.00 bits per heavy atom. The number of carbonyl (C=O) groups excluding carboxylic acids is 1. The highest BCUT2D eigenvalue weighted by molar-refractivity contribution is 6.31. The number of nitrogens with two attached hydrogens (primary N) is 1. The van der Waals surface area contributed by atoms with Crippen LogP contribution in [-0.4, -0.2) is 10.8 Å². The predicted octanol–water partition coefficient (Wildman–Crippen LogP) is 3.20. The summed E-state index contributed by atoms with van der Waals surface area (Å²) in [7, 11) is 0. The highest BCUT2D eigenvalue weighted by Gasteiger charge is 2.24. The van der Waals surface area contributed by atoms with Gasteiger partial charge in [0.15, 0.2) is 0 Å². The van der Waals surface area contributed by atoms with E-state index >= 15 is 0 Å². The van der Waals surface area contributed by atoms with Gasteiger partial charge in [-0.25, -0.2) is 0 Å². The van der Waals surface area contributed by atoms with Crippen molar-refractivity contribution in [3.63, 3.8) is 0 Å². The van der Waals surface area contributed by atoms with Gasteiger partial charge in [0.25, 0.3) is 5.69 Å². The quantitative estimate of drug-likeness (QED) is 0.653. The molecule has 6 nitrogen and oxygen atoms in total. The number of anilines is 1. The Bertz CT molecular complexity index is 734. The molecule has 2 rings (SSSR count). The second kappa shape index (κ2) is 6.44. The van der Waals surface area contributed by atoms with Crippen molar-refractivity contribution in [2.75, 3.05) is 5.32 Å². The summed E-state index contributed by atoms with van der Waals surface area (Å²) in [4.78, 5) is 22.3. The summed E-state index contributed by atoms with van der Waals surface area (Å²) in [6.45, 7) is 1.80. The van der Waals surface area contributed by atoms with E-state index in [-0.39, 0.29) is 11.4 Å². The molecule has 0 aliphatic carbocycles. The number of hydrogen-bond donors (Lipinski definition) is 2. The first kappa shape index (κ1) is 15.8. The number of rotatable bonds is 5. The van der Waals surface area contributed by atoms with E-state index in [4.69, 9.17) is 17.3 Å². The zero-order chi connectivity index (χ0) is 16.3. The number of aryl methyl sites for hydroxylation is 1. The Morgan fingerprint density at radius 3 is 2.59 bits per heavy atom. The van der Waals surface area contributed by atoms with Crippen LogP contribution < -0.4 is 11.1 Å². The van der Waals surface area contributed by atoms with Crippen LogP contribution in [-0.2, 0) is 4.79 Å². The van der Waals surface area contributed by atoms with Gasteiger partial charge in [-0.1, -0.05) is 35.9 Å². The molecule has 0 spiro atoms. The van der Waals surface area contributed by atoms with Gasteiger partial charge in [-0.05, 0) is 24.6 Å². The van der Waals surface area contributed by atoms with E-state index in [1.165, 1.54) is 6.07 Å². The first-order valence-electron chi connectivity index (χ1n) is 6.45. The number of primary amides is 1.